The lowest BCUT2D eigenvalue weighted by Crippen LogP contribution is -2.33. The van der Waals surface area contributed by atoms with Crippen molar-refractivity contribution in [2.45, 2.75) is 38.6 Å². The summed E-state index contributed by atoms with van der Waals surface area (Å²) in [5.41, 5.74) is 0. The van der Waals surface area contributed by atoms with Crippen molar-refractivity contribution >= 4 is 0 Å². The molecule has 0 spiro atoms. The molecule has 116 valence electrons. The van der Waals surface area contributed by atoms with Gasteiger partial charge in [0.25, 0.3) is 0 Å². The predicted molar refractivity (Wildman–Crippen MR) is 73.3 cm³/mol. The molecule has 0 aromatic heterocycles. The third-order valence-corrected chi connectivity index (χ3v) is 2.38. The Morgan fingerprint density at radius 3 is 2.42 bits per heavy atom. The Morgan fingerprint density at radius 2 is 1.79 bits per heavy atom. The smallest absolute Gasteiger partial charge is 0.0897 e. The number of methoxy groups -OCH3 is 1. The van der Waals surface area contributed by atoms with E-state index in [2.05, 4.69) is 5.32 Å². The highest BCUT2D eigenvalue weighted by molar-refractivity contribution is 4.61. The Morgan fingerprint density at radius 1 is 1.05 bits per heavy atom. The number of ether oxygens (including phenoxy) is 3. The average Bonchev–Trinajstić information content (AvgIpc) is 2.34. The van der Waals surface area contributed by atoms with Gasteiger partial charge in [-0.15, -0.1) is 0 Å². The summed E-state index contributed by atoms with van der Waals surface area (Å²) in [4.78, 5) is 0. The van der Waals surface area contributed by atoms with E-state index in [1.54, 1.807) is 7.11 Å². The summed E-state index contributed by atoms with van der Waals surface area (Å²) >= 11 is 0. The summed E-state index contributed by atoms with van der Waals surface area (Å²) in [7, 11) is 1.56. The van der Waals surface area contributed by atoms with Gasteiger partial charge in [0, 0.05) is 13.7 Å². The lowest BCUT2D eigenvalue weighted by atomic mass is 10.2. The molecule has 0 heterocycles. The van der Waals surface area contributed by atoms with Gasteiger partial charge in [0.1, 0.15) is 0 Å². The van der Waals surface area contributed by atoms with Crippen molar-refractivity contribution in [3.8, 4) is 0 Å². The first-order chi connectivity index (χ1) is 9.06. The molecule has 0 amide bonds. The molecule has 0 fully saturated rings. The number of nitrogens with one attached hydrogen (secondary N) is 1. The second kappa shape index (κ2) is 12.8. The normalized spacial score (nSPS) is 14.8. The fourth-order valence-corrected chi connectivity index (χ4v) is 1.43. The molecule has 0 aliphatic heterocycles. The first-order valence-electron chi connectivity index (χ1n) is 6.81. The molecule has 19 heavy (non-hydrogen) atoms. The zero-order valence-electron chi connectivity index (χ0n) is 12.3. The van der Waals surface area contributed by atoms with Crippen LogP contribution in [0.25, 0.3) is 0 Å². The molecule has 6 heteroatoms. The highest BCUT2D eigenvalue weighted by Gasteiger charge is 2.06. The molecule has 0 rings (SSSR count). The van der Waals surface area contributed by atoms with Crippen molar-refractivity contribution in [1.29, 1.82) is 0 Å². The fourth-order valence-electron chi connectivity index (χ4n) is 1.43. The largest absolute Gasteiger partial charge is 0.391 e. The maximum absolute atomic E-state index is 9.61. The van der Waals surface area contributed by atoms with Crippen molar-refractivity contribution in [1.82, 2.24) is 5.32 Å². The molecule has 3 N–H and O–H groups in total. The highest BCUT2D eigenvalue weighted by atomic mass is 16.5. The minimum absolute atomic E-state index is 0.203. The van der Waals surface area contributed by atoms with Crippen LogP contribution in [0.3, 0.4) is 0 Å². The van der Waals surface area contributed by atoms with E-state index in [4.69, 9.17) is 14.2 Å². The van der Waals surface area contributed by atoms with Gasteiger partial charge in [-0.25, -0.2) is 0 Å². The Bertz CT molecular complexity index is 192. The van der Waals surface area contributed by atoms with Gasteiger partial charge >= 0.3 is 0 Å². The number of rotatable bonds is 13. The van der Waals surface area contributed by atoms with Gasteiger partial charge in [0.15, 0.2) is 0 Å². The van der Waals surface area contributed by atoms with Gasteiger partial charge in [0.2, 0.25) is 0 Å². The summed E-state index contributed by atoms with van der Waals surface area (Å²) < 4.78 is 15.4. The number of hydrogen-bond acceptors (Lipinski definition) is 6. The molecule has 0 aromatic rings. The van der Waals surface area contributed by atoms with Crippen LogP contribution in [-0.4, -0.2) is 75.2 Å². The van der Waals surface area contributed by atoms with Gasteiger partial charge in [-0.05, 0) is 26.8 Å². The molecular weight excluding hydrogens is 250 g/mol. The average molecular weight is 279 g/mol. The molecule has 0 aromatic carbocycles. The molecule has 0 radical (unpaired) electrons. The Hall–Kier alpha value is -0.240. The lowest BCUT2D eigenvalue weighted by Gasteiger charge is -2.14. The molecule has 2 unspecified atom stereocenters. The van der Waals surface area contributed by atoms with Gasteiger partial charge in [-0.2, -0.15) is 0 Å². The minimum Gasteiger partial charge on any atom is -0.391 e. The molecule has 0 aliphatic carbocycles. The third-order valence-electron chi connectivity index (χ3n) is 2.38. The SMILES string of the molecule is COCC(O)CCNCC(O)COCCOC(C)C. The van der Waals surface area contributed by atoms with E-state index in [1.165, 1.54) is 0 Å². The minimum atomic E-state index is -0.543. The van der Waals surface area contributed by atoms with E-state index in [1.807, 2.05) is 13.8 Å². The molecule has 0 saturated heterocycles. The van der Waals surface area contributed by atoms with Crippen LogP contribution in [0.4, 0.5) is 0 Å². The molecule has 0 aliphatic rings. The van der Waals surface area contributed by atoms with Gasteiger partial charge < -0.3 is 29.7 Å². The number of aliphatic hydroxyl groups excluding tert-OH is 2. The summed E-state index contributed by atoms with van der Waals surface area (Å²) in [6.45, 7) is 6.68. The Labute approximate surface area is 116 Å². The van der Waals surface area contributed by atoms with Crippen LogP contribution in [0, 0.1) is 0 Å². The summed E-state index contributed by atoms with van der Waals surface area (Å²) in [6, 6.07) is 0. The van der Waals surface area contributed by atoms with Crippen LogP contribution in [0.1, 0.15) is 20.3 Å². The van der Waals surface area contributed by atoms with E-state index in [0.717, 1.165) is 0 Å². The fraction of sp³-hybridized carbons (Fsp3) is 1.00. The first kappa shape index (κ1) is 18.8. The summed E-state index contributed by atoms with van der Waals surface area (Å²) in [6.07, 6.45) is -0.199. The molecule has 2 atom stereocenters. The third kappa shape index (κ3) is 14.0. The van der Waals surface area contributed by atoms with Gasteiger partial charge in [0.05, 0.1) is 44.7 Å². The number of aliphatic hydroxyl groups is 2. The Kier molecular flexibility index (Phi) is 12.6. The second-order valence-electron chi connectivity index (χ2n) is 4.75. The van der Waals surface area contributed by atoms with Crippen LogP contribution in [0.5, 0.6) is 0 Å². The highest BCUT2D eigenvalue weighted by Crippen LogP contribution is 1.91. The quantitative estimate of drug-likeness (QED) is 0.404. The van der Waals surface area contributed by atoms with Crippen molar-refractivity contribution in [3.05, 3.63) is 0 Å². The monoisotopic (exact) mass is 279 g/mol. The maximum atomic E-state index is 9.61. The molecule has 6 nitrogen and oxygen atoms in total. The van der Waals surface area contributed by atoms with Crippen molar-refractivity contribution in [2.75, 3.05) is 46.6 Å². The predicted octanol–water partition coefficient (Wildman–Crippen LogP) is -0.224. The number of hydrogen-bond donors (Lipinski definition) is 3. The van der Waals surface area contributed by atoms with Crippen LogP contribution in [0.2, 0.25) is 0 Å². The van der Waals surface area contributed by atoms with Crippen LogP contribution < -0.4 is 5.32 Å². The van der Waals surface area contributed by atoms with E-state index in [0.29, 0.717) is 39.3 Å². The Balaban J connectivity index is 3.27. The zero-order chi connectivity index (χ0) is 14.5. The first-order valence-corrected chi connectivity index (χ1v) is 6.81. The standard InChI is InChI=1S/C13H29NO5/c1-11(2)19-7-6-18-10-13(16)8-14-5-4-12(15)9-17-3/h11-16H,4-10H2,1-3H3. The molecule has 0 saturated carbocycles. The summed E-state index contributed by atoms with van der Waals surface area (Å²) in [5.74, 6) is 0. The second-order valence-corrected chi connectivity index (χ2v) is 4.75. The van der Waals surface area contributed by atoms with Crippen LogP contribution in [-0.2, 0) is 14.2 Å². The van der Waals surface area contributed by atoms with Crippen LogP contribution in [0.15, 0.2) is 0 Å². The zero-order valence-corrected chi connectivity index (χ0v) is 12.3. The van der Waals surface area contributed by atoms with Crippen molar-refractivity contribution in [2.24, 2.45) is 0 Å². The van der Waals surface area contributed by atoms with Gasteiger partial charge in [-0.3, -0.25) is 0 Å². The van der Waals surface area contributed by atoms with Gasteiger partial charge in [-0.1, -0.05) is 0 Å². The molecule has 0 bridgehead atoms. The van der Waals surface area contributed by atoms with E-state index in [9.17, 15) is 10.2 Å². The van der Waals surface area contributed by atoms with Crippen LogP contribution >= 0.6 is 0 Å². The summed E-state index contributed by atoms with van der Waals surface area (Å²) in [5, 5.41) is 22.1. The maximum Gasteiger partial charge on any atom is 0.0897 e. The van der Waals surface area contributed by atoms with E-state index in [-0.39, 0.29) is 12.7 Å². The van der Waals surface area contributed by atoms with E-state index < -0.39 is 12.2 Å². The lowest BCUT2D eigenvalue weighted by molar-refractivity contribution is -0.0102. The topological polar surface area (TPSA) is 80.2 Å². The molecular formula is C13H29NO5. The van der Waals surface area contributed by atoms with E-state index >= 15 is 0 Å². The van der Waals surface area contributed by atoms with Crippen molar-refractivity contribution < 1.29 is 24.4 Å². The van der Waals surface area contributed by atoms with Crippen molar-refractivity contribution in [3.63, 3.8) is 0 Å².